The summed E-state index contributed by atoms with van der Waals surface area (Å²) in [6.45, 7) is 4.18. The monoisotopic (exact) mass is 250 g/mol. The van der Waals surface area contributed by atoms with Crippen molar-refractivity contribution in [2.75, 3.05) is 7.05 Å². The predicted octanol–water partition coefficient (Wildman–Crippen LogP) is 3.10. The molecule has 1 aliphatic heterocycles. The van der Waals surface area contributed by atoms with Gasteiger partial charge in [-0.1, -0.05) is 11.6 Å². The van der Waals surface area contributed by atoms with Crippen molar-refractivity contribution in [3.63, 3.8) is 0 Å². The lowest BCUT2D eigenvalue weighted by Gasteiger charge is -2.33. The van der Waals surface area contributed by atoms with E-state index in [0.717, 1.165) is 21.7 Å². The smallest absolute Gasteiger partial charge is 0.145 e. The number of nitrogens with one attached hydrogen (secondary N) is 1. The fourth-order valence-electron chi connectivity index (χ4n) is 2.72. The molecule has 1 aromatic carbocycles. The molecule has 1 aromatic heterocycles. The van der Waals surface area contributed by atoms with Crippen LogP contribution in [-0.4, -0.2) is 17.7 Å². The molecule has 2 atom stereocenters. The summed E-state index contributed by atoms with van der Waals surface area (Å²) in [4.78, 5) is 0. The van der Waals surface area contributed by atoms with Crippen molar-refractivity contribution in [3.05, 3.63) is 28.9 Å². The van der Waals surface area contributed by atoms with Crippen molar-refractivity contribution in [2.24, 2.45) is 0 Å². The first-order valence-corrected chi connectivity index (χ1v) is 6.14. The fraction of sp³-hybridized carbons (Fsp3) is 0.385. The average molecular weight is 251 g/mol. The van der Waals surface area contributed by atoms with E-state index in [-0.39, 0.29) is 12.3 Å². The molecule has 0 amide bonds. The fourth-order valence-corrected chi connectivity index (χ4v) is 2.94. The standard InChI is InChI=1S/C13H15ClN2O/c1-7-4-9-5-10(14)6-11-12(9)16(7)13(15-3)8(2)17-11/h4-6,8,13,15H,1-3H3. The van der Waals surface area contributed by atoms with Gasteiger partial charge in [-0.15, -0.1) is 0 Å². The Bertz CT molecular complexity index is 591. The Kier molecular flexibility index (Phi) is 2.35. The van der Waals surface area contributed by atoms with E-state index in [9.17, 15) is 0 Å². The highest BCUT2D eigenvalue weighted by atomic mass is 35.5. The maximum absolute atomic E-state index is 6.10. The summed E-state index contributed by atoms with van der Waals surface area (Å²) in [5.41, 5.74) is 2.35. The molecule has 0 aliphatic carbocycles. The van der Waals surface area contributed by atoms with Gasteiger partial charge in [0.05, 0.1) is 5.52 Å². The second kappa shape index (κ2) is 3.65. The molecule has 0 saturated heterocycles. The average Bonchev–Trinajstić information content (AvgIpc) is 2.56. The number of likely N-dealkylation sites (N-methyl/N-ethyl adjacent to an activating group) is 1. The van der Waals surface area contributed by atoms with Gasteiger partial charge >= 0.3 is 0 Å². The number of halogens is 1. The van der Waals surface area contributed by atoms with Crippen LogP contribution in [0.3, 0.4) is 0 Å². The Labute approximate surface area is 105 Å². The SMILES string of the molecule is CNC1C(C)Oc2cc(Cl)cc3cc(C)n1c23. The number of hydrogen-bond acceptors (Lipinski definition) is 2. The maximum atomic E-state index is 6.10. The topological polar surface area (TPSA) is 26.2 Å². The zero-order valence-corrected chi connectivity index (χ0v) is 10.9. The van der Waals surface area contributed by atoms with Crippen LogP contribution < -0.4 is 10.1 Å². The maximum Gasteiger partial charge on any atom is 0.145 e. The quantitative estimate of drug-likeness (QED) is 0.842. The van der Waals surface area contributed by atoms with E-state index >= 15 is 0 Å². The number of nitrogens with zero attached hydrogens (tertiary/aromatic N) is 1. The van der Waals surface area contributed by atoms with Crippen LogP contribution in [0.4, 0.5) is 0 Å². The summed E-state index contributed by atoms with van der Waals surface area (Å²) < 4.78 is 8.22. The lowest BCUT2D eigenvalue weighted by Crippen LogP contribution is -2.39. The molecule has 17 heavy (non-hydrogen) atoms. The zero-order chi connectivity index (χ0) is 12.2. The van der Waals surface area contributed by atoms with Gasteiger partial charge in [0.15, 0.2) is 0 Å². The molecule has 1 aliphatic rings. The number of aromatic nitrogens is 1. The van der Waals surface area contributed by atoms with Crippen LogP contribution in [0.1, 0.15) is 18.8 Å². The highest BCUT2D eigenvalue weighted by Crippen LogP contribution is 2.39. The van der Waals surface area contributed by atoms with Gasteiger partial charge < -0.3 is 9.30 Å². The molecule has 3 rings (SSSR count). The van der Waals surface area contributed by atoms with Gasteiger partial charge in [-0.25, -0.2) is 0 Å². The van der Waals surface area contributed by atoms with Crippen LogP contribution >= 0.6 is 11.6 Å². The van der Waals surface area contributed by atoms with Crippen LogP contribution in [0.5, 0.6) is 5.75 Å². The first-order valence-electron chi connectivity index (χ1n) is 5.77. The molecule has 3 nitrogen and oxygen atoms in total. The third kappa shape index (κ3) is 1.46. The molecule has 2 unspecified atom stereocenters. The van der Waals surface area contributed by atoms with Gasteiger partial charge in [-0.2, -0.15) is 0 Å². The number of hydrogen-bond donors (Lipinski definition) is 1. The highest BCUT2D eigenvalue weighted by molar-refractivity contribution is 6.31. The van der Waals surface area contributed by atoms with E-state index < -0.39 is 0 Å². The number of aryl methyl sites for hydroxylation is 1. The summed E-state index contributed by atoms with van der Waals surface area (Å²) in [7, 11) is 1.96. The Hall–Kier alpha value is -1.19. The van der Waals surface area contributed by atoms with Crippen LogP contribution in [0, 0.1) is 6.92 Å². The van der Waals surface area contributed by atoms with Crippen LogP contribution in [0.2, 0.25) is 5.02 Å². The summed E-state index contributed by atoms with van der Waals surface area (Å²) in [5.74, 6) is 0.875. The number of rotatable bonds is 1. The molecule has 0 spiro atoms. The van der Waals surface area contributed by atoms with E-state index in [1.807, 2.05) is 19.2 Å². The highest BCUT2D eigenvalue weighted by Gasteiger charge is 2.29. The summed E-state index contributed by atoms with van der Waals surface area (Å²) >= 11 is 6.10. The van der Waals surface area contributed by atoms with Crippen LogP contribution in [-0.2, 0) is 0 Å². The second-order valence-electron chi connectivity index (χ2n) is 4.55. The van der Waals surface area contributed by atoms with Crippen molar-refractivity contribution < 1.29 is 4.74 Å². The van der Waals surface area contributed by atoms with Gasteiger partial charge in [0.25, 0.3) is 0 Å². The minimum absolute atomic E-state index is 0.0836. The Morgan fingerprint density at radius 1 is 1.35 bits per heavy atom. The molecule has 0 radical (unpaired) electrons. The predicted molar refractivity (Wildman–Crippen MR) is 69.9 cm³/mol. The first-order chi connectivity index (χ1) is 8.11. The van der Waals surface area contributed by atoms with E-state index in [1.54, 1.807) is 0 Å². The molecular weight excluding hydrogens is 236 g/mol. The molecule has 0 saturated carbocycles. The van der Waals surface area contributed by atoms with Crippen molar-refractivity contribution in [1.82, 2.24) is 9.88 Å². The first kappa shape index (κ1) is 10.9. The second-order valence-corrected chi connectivity index (χ2v) is 4.99. The van der Waals surface area contributed by atoms with Gasteiger partial charge in [0.2, 0.25) is 0 Å². The van der Waals surface area contributed by atoms with Crippen molar-refractivity contribution in [3.8, 4) is 5.75 Å². The zero-order valence-electron chi connectivity index (χ0n) is 10.1. The normalized spacial score (nSPS) is 22.8. The van der Waals surface area contributed by atoms with Gasteiger partial charge in [0, 0.05) is 22.2 Å². The Morgan fingerprint density at radius 2 is 2.12 bits per heavy atom. The number of ether oxygens (including phenoxy) is 1. The molecule has 1 N–H and O–H groups in total. The lowest BCUT2D eigenvalue weighted by atomic mass is 10.2. The largest absolute Gasteiger partial charge is 0.485 e. The van der Waals surface area contributed by atoms with Crippen molar-refractivity contribution in [2.45, 2.75) is 26.1 Å². The third-order valence-electron chi connectivity index (χ3n) is 3.39. The van der Waals surface area contributed by atoms with Gasteiger partial charge in [-0.3, -0.25) is 5.32 Å². The molecular formula is C13H15ClN2O. The van der Waals surface area contributed by atoms with Crippen LogP contribution in [0.25, 0.3) is 10.9 Å². The van der Waals surface area contributed by atoms with Gasteiger partial charge in [0.1, 0.15) is 18.0 Å². The molecule has 2 heterocycles. The molecule has 0 bridgehead atoms. The Balaban J connectivity index is 2.37. The summed E-state index contributed by atoms with van der Waals surface area (Å²) in [6, 6.07) is 6.02. The minimum Gasteiger partial charge on any atom is -0.485 e. The Morgan fingerprint density at radius 3 is 2.82 bits per heavy atom. The van der Waals surface area contributed by atoms with Crippen LogP contribution in [0.15, 0.2) is 18.2 Å². The molecule has 4 heteroatoms. The molecule has 0 fully saturated rings. The number of benzene rings is 1. The third-order valence-corrected chi connectivity index (χ3v) is 3.60. The van der Waals surface area contributed by atoms with Crippen molar-refractivity contribution in [1.29, 1.82) is 0 Å². The molecule has 2 aromatic rings. The van der Waals surface area contributed by atoms with E-state index in [4.69, 9.17) is 16.3 Å². The molecule has 90 valence electrons. The van der Waals surface area contributed by atoms with E-state index in [1.165, 1.54) is 5.69 Å². The van der Waals surface area contributed by atoms with E-state index in [2.05, 4.69) is 29.8 Å². The van der Waals surface area contributed by atoms with Gasteiger partial charge in [-0.05, 0) is 33.0 Å². The minimum atomic E-state index is 0.0836. The lowest BCUT2D eigenvalue weighted by molar-refractivity contribution is 0.127. The summed E-state index contributed by atoms with van der Waals surface area (Å²) in [6.07, 6.45) is 0.251. The summed E-state index contributed by atoms with van der Waals surface area (Å²) in [5, 5.41) is 5.16. The van der Waals surface area contributed by atoms with E-state index in [0.29, 0.717) is 0 Å². The van der Waals surface area contributed by atoms with Crippen molar-refractivity contribution >= 4 is 22.5 Å².